The standard InChI is InChI=1S/C19H17Cl2N4O5PS/c1-23-10-19(22-11-23)24-5-4-13-6-16(2-3-18(13)24)25(12-31(26,27)28)32(29,30)17-8-14(20)7-15(21)9-17/h2-11H,12H2,1H3,(H2,26,27,28). The molecule has 0 saturated carbocycles. The second-order valence-corrected chi connectivity index (χ2v) is 11.4. The third-order valence-corrected chi connectivity index (χ3v) is 7.67. The first-order valence-electron chi connectivity index (χ1n) is 9.07. The molecule has 0 saturated heterocycles. The minimum Gasteiger partial charge on any atom is -0.338 e. The van der Waals surface area contributed by atoms with Gasteiger partial charge in [0.2, 0.25) is 0 Å². The highest BCUT2D eigenvalue weighted by Crippen LogP contribution is 2.40. The van der Waals surface area contributed by atoms with E-state index in [1.165, 1.54) is 30.3 Å². The van der Waals surface area contributed by atoms with E-state index in [0.29, 0.717) is 15.5 Å². The molecule has 2 aromatic heterocycles. The molecule has 0 spiro atoms. The normalized spacial score (nSPS) is 12.4. The van der Waals surface area contributed by atoms with Gasteiger partial charge in [-0.2, -0.15) is 0 Å². The first-order chi connectivity index (χ1) is 14.9. The minimum absolute atomic E-state index is 0.0788. The van der Waals surface area contributed by atoms with Gasteiger partial charge in [0.1, 0.15) is 6.29 Å². The molecule has 32 heavy (non-hydrogen) atoms. The fraction of sp³-hybridized carbons (Fsp3) is 0.105. The van der Waals surface area contributed by atoms with Crippen molar-refractivity contribution in [3.05, 3.63) is 71.2 Å². The number of fused-ring (bicyclic) bond motifs is 1. The zero-order valence-electron chi connectivity index (χ0n) is 16.5. The Bertz CT molecular complexity index is 1460. The molecule has 4 aromatic rings. The quantitative estimate of drug-likeness (QED) is 0.375. The monoisotopic (exact) mass is 514 g/mol. The Balaban J connectivity index is 1.84. The van der Waals surface area contributed by atoms with Crippen molar-refractivity contribution in [1.29, 1.82) is 0 Å². The van der Waals surface area contributed by atoms with Gasteiger partial charge < -0.3 is 14.4 Å². The Labute approximate surface area is 193 Å². The molecule has 4 rings (SSSR count). The summed E-state index contributed by atoms with van der Waals surface area (Å²) in [5.74, 6) is 0.670. The lowest BCUT2D eigenvalue weighted by atomic mass is 10.2. The van der Waals surface area contributed by atoms with Crippen LogP contribution < -0.4 is 4.31 Å². The number of hydrogen-bond acceptors (Lipinski definition) is 4. The summed E-state index contributed by atoms with van der Waals surface area (Å²) in [6.45, 7) is 0. The molecule has 168 valence electrons. The average molecular weight is 515 g/mol. The second-order valence-electron chi connectivity index (χ2n) is 7.09. The van der Waals surface area contributed by atoms with Crippen LogP contribution in [0.25, 0.3) is 16.7 Å². The van der Waals surface area contributed by atoms with Crippen LogP contribution in [0.5, 0.6) is 0 Å². The minimum atomic E-state index is -4.77. The van der Waals surface area contributed by atoms with Gasteiger partial charge in [0, 0.05) is 34.9 Å². The van der Waals surface area contributed by atoms with E-state index in [0.717, 1.165) is 5.52 Å². The fourth-order valence-corrected chi connectivity index (χ4v) is 6.69. The van der Waals surface area contributed by atoms with Gasteiger partial charge in [-0.1, -0.05) is 23.2 Å². The first kappa shape index (κ1) is 22.8. The molecule has 13 heteroatoms. The molecule has 0 bridgehead atoms. The van der Waals surface area contributed by atoms with Crippen molar-refractivity contribution < 1.29 is 22.8 Å². The van der Waals surface area contributed by atoms with Crippen LogP contribution in [0.1, 0.15) is 0 Å². The molecule has 2 heterocycles. The van der Waals surface area contributed by atoms with Crippen LogP contribution in [-0.2, 0) is 21.6 Å². The maximum absolute atomic E-state index is 13.3. The fourth-order valence-electron chi connectivity index (χ4n) is 3.28. The van der Waals surface area contributed by atoms with E-state index in [1.54, 1.807) is 29.2 Å². The van der Waals surface area contributed by atoms with E-state index in [1.807, 2.05) is 17.8 Å². The molecular formula is C19H17Cl2N4O5PS. The van der Waals surface area contributed by atoms with Gasteiger partial charge in [-0.3, -0.25) is 13.4 Å². The smallest absolute Gasteiger partial charge is 0.338 e. The van der Waals surface area contributed by atoms with Crippen molar-refractivity contribution in [2.45, 2.75) is 4.90 Å². The number of aryl methyl sites for hydroxylation is 1. The van der Waals surface area contributed by atoms with Gasteiger partial charge in [0.25, 0.3) is 10.0 Å². The van der Waals surface area contributed by atoms with Crippen molar-refractivity contribution in [2.75, 3.05) is 10.6 Å². The summed E-state index contributed by atoms with van der Waals surface area (Å²) in [6.07, 6.45) is 4.20. The molecule has 0 fully saturated rings. The Hall–Kier alpha value is -2.33. The molecule has 0 aliphatic carbocycles. The van der Waals surface area contributed by atoms with E-state index in [2.05, 4.69) is 4.98 Å². The van der Waals surface area contributed by atoms with Crippen LogP contribution in [0.4, 0.5) is 5.69 Å². The zero-order valence-corrected chi connectivity index (χ0v) is 19.7. The summed E-state index contributed by atoms with van der Waals surface area (Å²) in [4.78, 5) is 23.2. The highest BCUT2D eigenvalue weighted by molar-refractivity contribution is 7.93. The van der Waals surface area contributed by atoms with Gasteiger partial charge in [0.05, 0.1) is 22.4 Å². The SMILES string of the molecule is Cn1cnc(-n2ccc3cc(N(CP(=O)(O)O)S(=O)(=O)c4cc(Cl)cc(Cl)c4)ccc32)c1. The van der Waals surface area contributed by atoms with Gasteiger partial charge in [-0.05, 0) is 42.5 Å². The van der Waals surface area contributed by atoms with E-state index in [9.17, 15) is 22.8 Å². The summed E-state index contributed by atoms with van der Waals surface area (Å²) >= 11 is 11.9. The largest absolute Gasteiger partial charge is 0.345 e. The van der Waals surface area contributed by atoms with E-state index in [-0.39, 0.29) is 20.6 Å². The van der Waals surface area contributed by atoms with Crippen molar-refractivity contribution >= 4 is 57.4 Å². The molecule has 9 nitrogen and oxygen atoms in total. The Kier molecular flexibility index (Phi) is 5.87. The Morgan fingerprint density at radius 3 is 2.38 bits per heavy atom. The molecule has 0 atom stereocenters. The predicted octanol–water partition coefficient (Wildman–Crippen LogP) is 4.00. The van der Waals surface area contributed by atoms with E-state index in [4.69, 9.17) is 23.2 Å². The Morgan fingerprint density at radius 1 is 1.09 bits per heavy atom. The first-order valence-corrected chi connectivity index (χ1v) is 13.1. The number of anilines is 1. The lowest BCUT2D eigenvalue weighted by Gasteiger charge is -2.25. The number of halogens is 2. The van der Waals surface area contributed by atoms with Crippen LogP contribution in [0, 0.1) is 0 Å². The van der Waals surface area contributed by atoms with Gasteiger partial charge in [-0.15, -0.1) is 0 Å². The molecule has 2 aromatic carbocycles. The summed E-state index contributed by atoms with van der Waals surface area (Å²) < 4.78 is 42.7. The van der Waals surface area contributed by atoms with Gasteiger partial charge in [0.15, 0.2) is 5.82 Å². The van der Waals surface area contributed by atoms with Crippen LogP contribution >= 0.6 is 30.8 Å². The van der Waals surface area contributed by atoms with Gasteiger partial charge in [-0.25, -0.2) is 13.4 Å². The molecule has 0 aliphatic rings. The van der Waals surface area contributed by atoms with Crippen molar-refractivity contribution in [3.63, 3.8) is 0 Å². The Morgan fingerprint density at radius 2 is 1.78 bits per heavy atom. The number of nitrogens with zero attached hydrogens (tertiary/aromatic N) is 4. The summed E-state index contributed by atoms with van der Waals surface area (Å²) in [6, 6.07) is 10.1. The maximum Gasteiger partial charge on any atom is 0.345 e. The number of aromatic nitrogens is 3. The average Bonchev–Trinajstić information content (AvgIpc) is 3.30. The highest BCUT2D eigenvalue weighted by Gasteiger charge is 2.32. The van der Waals surface area contributed by atoms with Gasteiger partial charge >= 0.3 is 7.60 Å². The number of hydrogen-bond donors (Lipinski definition) is 2. The predicted molar refractivity (Wildman–Crippen MR) is 123 cm³/mol. The molecule has 0 aliphatic heterocycles. The number of imidazole rings is 1. The van der Waals surface area contributed by atoms with Crippen LogP contribution in [0.3, 0.4) is 0 Å². The summed E-state index contributed by atoms with van der Waals surface area (Å²) in [7, 11) is -7.32. The van der Waals surface area contributed by atoms with E-state index >= 15 is 0 Å². The molecular weight excluding hydrogens is 498 g/mol. The lowest BCUT2D eigenvalue weighted by molar-refractivity contribution is 0.373. The van der Waals surface area contributed by atoms with E-state index < -0.39 is 23.9 Å². The molecule has 0 amide bonds. The zero-order chi connectivity index (χ0) is 23.3. The molecule has 0 radical (unpaired) electrons. The van der Waals surface area contributed by atoms with Crippen molar-refractivity contribution in [2.24, 2.45) is 7.05 Å². The highest BCUT2D eigenvalue weighted by atomic mass is 35.5. The number of rotatable bonds is 6. The number of benzene rings is 2. The van der Waals surface area contributed by atoms with Crippen LogP contribution in [0.15, 0.2) is 66.1 Å². The summed E-state index contributed by atoms with van der Waals surface area (Å²) in [5, 5.41) is 0.813. The number of sulfonamides is 1. The topological polar surface area (TPSA) is 118 Å². The molecule has 2 N–H and O–H groups in total. The van der Waals surface area contributed by atoms with Crippen LogP contribution in [-0.4, -0.2) is 38.6 Å². The third kappa shape index (κ3) is 4.56. The van der Waals surface area contributed by atoms with Crippen molar-refractivity contribution in [1.82, 2.24) is 14.1 Å². The molecule has 0 unspecified atom stereocenters. The van der Waals surface area contributed by atoms with Crippen molar-refractivity contribution in [3.8, 4) is 5.82 Å². The summed E-state index contributed by atoms with van der Waals surface area (Å²) in [5.41, 5.74) is 0.822. The lowest BCUT2D eigenvalue weighted by Crippen LogP contribution is -2.32. The third-order valence-electron chi connectivity index (χ3n) is 4.64. The van der Waals surface area contributed by atoms with Crippen LogP contribution in [0.2, 0.25) is 10.0 Å². The second kappa shape index (κ2) is 8.22. The maximum atomic E-state index is 13.3.